The van der Waals surface area contributed by atoms with Crippen LogP contribution in [0.5, 0.6) is 0 Å². The third-order valence-electron chi connectivity index (χ3n) is 3.35. The maximum atomic E-state index is 12.9. The number of benzene rings is 1. The predicted molar refractivity (Wildman–Crippen MR) is 77.8 cm³/mol. The molecular weight excluding hydrogens is 285 g/mol. The zero-order valence-electron chi connectivity index (χ0n) is 12.1. The number of fused-ring (bicyclic) bond motifs is 1. The molecular formula is C15H14FN5O. The maximum absolute atomic E-state index is 12.9. The van der Waals surface area contributed by atoms with Crippen LogP contribution in [0.25, 0.3) is 5.78 Å². The molecule has 1 N–H and O–H groups in total. The van der Waals surface area contributed by atoms with Crippen molar-refractivity contribution in [3.8, 4) is 0 Å². The van der Waals surface area contributed by atoms with E-state index in [1.807, 2.05) is 13.8 Å². The largest absolute Gasteiger partial charge is 0.343 e. The van der Waals surface area contributed by atoms with E-state index < -0.39 is 5.91 Å². The van der Waals surface area contributed by atoms with Crippen LogP contribution < -0.4 is 5.32 Å². The van der Waals surface area contributed by atoms with Crippen LogP contribution in [0.3, 0.4) is 0 Å². The van der Waals surface area contributed by atoms with Crippen molar-refractivity contribution in [2.24, 2.45) is 0 Å². The van der Waals surface area contributed by atoms with E-state index in [1.54, 1.807) is 24.4 Å². The molecule has 1 aromatic carbocycles. The van der Waals surface area contributed by atoms with E-state index in [0.29, 0.717) is 5.78 Å². The highest BCUT2D eigenvalue weighted by Gasteiger charge is 2.17. The van der Waals surface area contributed by atoms with E-state index in [2.05, 4.69) is 20.4 Å². The van der Waals surface area contributed by atoms with Gasteiger partial charge in [-0.05, 0) is 37.6 Å². The standard InChI is InChI=1S/C15H14FN5O/c1-9-7-8-17-15-19-13(20-21(9)15)14(22)18-10(2)11-3-5-12(16)6-4-11/h3-8,10H,1-2H3,(H,18,22). The van der Waals surface area contributed by atoms with E-state index in [0.717, 1.165) is 11.3 Å². The Bertz CT molecular complexity index is 828. The first-order chi connectivity index (χ1) is 10.5. The molecule has 3 rings (SSSR count). The van der Waals surface area contributed by atoms with Gasteiger partial charge >= 0.3 is 0 Å². The minimum Gasteiger partial charge on any atom is -0.343 e. The van der Waals surface area contributed by atoms with Crippen LogP contribution in [0.1, 0.15) is 34.8 Å². The molecule has 0 saturated carbocycles. The molecule has 0 bridgehead atoms. The Morgan fingerprint density at radius 1 is 1.27 bits per heavy atom. The van der Waals surface area contributed by atoms with Gasteiger partial charge in [0, 0.05) is 11.9 Å². The Kier molecular flexibility index (Phi) is 3.54. The van der Waals surface area contributed by atoms with E-state index >= 15 is 0 Å². The van der Waals surface area contributed by atoms with Crippen molar-refractivity contribution in [3.63, 3.8) is 0 Å². The molecule has 2 heterocycles. The summed E-state index contributed by atoms with van der Waals surface area (Å²) in [6.45, 7) is 3.66. The Morgan fingerprint density at radius 2 is 2.00 bits per heavy atom. The predicted octanol–water partition coefficient (Wildman–Crippen LogP) is 2.06. The molecule has 0 saturated heterocycles. The Labute approximate surface area is 126 Å². The van der Waals surface area contributed by atoms with Gasteiger partial charge in [0.15, 0.2) is 0 Å². The lowest BCUT2D eigenvalue weighted by molar-refractivity contribution is 0.0929. The summed E-state index contributed by atoms with van der Waals surface area (Å²) < 4.78 is 14.4. The number of rotatable bonds is 3. The lowest BCUT2D eigenvalue weighted by Crippen LogP contribution is -2.27. The summed E-state index contributed by atoms with van der Waals surface area (Å²) >= 11 is 0. The molecule has 1 amide bonds. The summed E-state index contributed by atoms with van der Waals surface area (Å²) in [5.74, 6) is -0.289. The van der Waals surface area contributed by atoms with Crippen molar-refractivity contribution in [2.75, 3.05) is 0 Å². The van der Waals surface area contributed by atoms with Gasteiger partial charge < -0.3 is 5.32 Å². The van der Waals surface area contributed by atoms with Crippen LogP contribution >= 0.6 is 0 Å². The third-order valence-corrected chi connectivity index (χ3v) is 3.35. The number of amides is 1. The highest BCUT2D eigenvalue weighted by molar-refractivity contribution is 5.91. The van der Waals surface area contributed by atoms with Gasteiger partial charge in [-0.3, -0.25) is 4.79 Å². The first kappa shape index (κ1) is 14.1. The first-order valence-corrected chi connectivity index (χ1v) is 6.79. The number of hydrogen-bond acceptors (Lipinski definition) is 4. The number of carbonyl (C=O) groups excluding carboxylic acids is 1. The quantitative estimate of drug-likeness (QED) is 0.803. The van der Waals surface area contributed by atoms with Crippen LogP contribution in [0.2, 0.25) is 0 Å². The van der Waals surface area contributed by atoms with Gasteiger partial charge in [-0.2, -0.15) is 4.98 Å². The molecule has 6 nitrogen and oxygen atoms in total. The molecule has 0 radical (unpaired) electrons. The summed E-state index contributed by atoms with van der Waals surface area (Å²) in [7, 11) is 0. The van der Waals surface area contributed by atoms with Gasteiger partial charge in [0.2, 0.25) is 5.82 Å². The Morgan fingerprint density at radius 3 is 2.68 bits per heavy atom. The second kappa shape index (κ2) is 5.51. The topological polar surface area (TPSA) is 72.2 Å². The van der Waals surface area contributed by atoms with Gasteiger partial charge in [-0.15, -0.1) is 5.10 Å². The highest BCUT2D eigenvalue weighted by Crippen LogP contribution is 2.13. The fourth-order valence-electron chi connectivity index (χ4n) is 2.10. The highest BCUT2D eigenvalue weighted by atomic mass is 19.1. The molecule has 0 aliphatic rings. The lowest BCUT2D eigenvalue weighted by atomic mass is 10.1. The minimum atomic E-state index is -0.401. The number of nitrogens with one attached hydrogen (secondary N) is 1. The van der Waals surface area contributed by atoms with Gasteiger partial charge in [0.05, 0.1) is 6.04 Å². The van der Waals surface area contributed by atoms with Crippen LogP contribution in [0, 0.1) is 12.7 Å². The van der Waals surface area contributed by atoms with E-state index in [9.17, 15) is 9.18 Å². The van der Waals surface area contributed by atoms with Crippen molar-refractivity contribution in [3.05, 3.63) is 59.4 Å². The number of nitrogens with zero attached hydrogens (tertiary/aromatic N) is 4. The van der Waals surface area contributed by atoms with Gasteiger partial charge in [-0.25, -0.2) is 13.9 Å². The van der Waals surface area contributed by atoms with Crippen LogP contribution in [0.15, 0.2) is 36.5 Å². The zero-order chi connectivity index (χ0) is 15.7. The summed E-state index contributed by atoms with van der Waals surface area (Å²) in [5, 5.41) is 6.93. The number of halogens is 1. The second-order valence-corrected chi connectivity index (χ2v) is 4.98. The molecule has 0 aliphatic heterocycles. The monoisotopic (exact) mass is 299 g/mol. The van der Waals surface area contributed by atoms with Gasteiger partial charge in [-0.1, -0.05) is 12.1 Å². The molecule has 112 valence electrons. The number of carbonyl (C=O) groups is 1. The summed E-state index contributed by atoms with van der Waals surface area (Å²) in [6.07, 6.45) is 1.61. The Balaban J connectivity index is 1.80. The molecule has 7 heteroatoms. The molecule has 1 unspecified atom stereocenters. The average molecular weight is 299 g/mol. The smallest absolute Gasteiger partial charge is 0.291 e. The van der Waals surface area contributed by atoms with Crippen LogP contribution in [-0.4, -0.2) is 25.5 Å². The third kappa shape index (κ3) is 2.65. The van der Waals surface area contributed by atoms with Crippen molar-refractivity contribution < 1.29 is 9.18 Å². The SMILES string of the molecule is Cc1ccnc2nc(C(=O)NC(C)c3ccc(F)cc3)nn12. The van der Waals surface area contributed by atoms with Crippen molar-refractivity contribution >= 4 is 11.7 Å². The average Bonchev–Trinajstić information content (AvgIpc) is 2.93. The Hall–Kier alpha value is -2.83. The first-order valence-electron chi connectivity index (χ1n) is 6.79. The van der Waals surface area contributed by atoms with E-state index in [4.69, 9.17) is 0 Å². The van der Waals surface area contributed by atoms with Crippen LogP contribution in [0.4, 0.5) is 4.39 Å². The van der Waals surface area contributed by atoms with Gasteiger partial charge in [0.1, 0.15) is 5.82 Å². The maximum Gasteiger partial charge on any atom is 0.291 e. The molecule has 0 fully saturated rings. The summed E-state index contributed by atoms with van der Waals surface area (Å²) in [6, 6.07) is 7.47. The van der Waals surface area contributed by atoms with Crippen molar-refractivity contribution in [1.82, 2.24) is 24.9 Å². The fourth-order valence-corrected chi connectivity index (χ4v) is 2.10. The summed E-state index contributed by atoms with van der Waals surface area (Å²) in [5.41, 5.74) is 1.64. The molecule has 2 aromatic heterocycles. The normalized spacial score (nSPS) is 12.3. The van der Waals surface area contributed by atoms with E-state index in [-0.39, 0.29) is 17.7 Å². The lowest BCUT2D eigenvalue weighted by Gasteiger charge is -2.12. The fraction of sp³-hybridized carbons (Fsp3) is 0.200. The number of hydrogen-bond donors (Lipinski definition) is 1. The molecule has 1 atom stereocenters. The zero-order valence-corrected chi connectivity index (χ0v) is 12.1. The van der Waals surface area contributed by atoms with E-state index in [1.165, 1.54) is 16.6 Å². The number of aryl methyl sites for hydroxylation is 1. The molecule has 3 aromatic rings. The summed E-state index contributed by atoms with van der Waals surface area (Å²) in [4.78, 5) is 20.4. The minimum absolute atomic E-state index is 0.0516. The number of aromatic nitrogens is 4. The molecule has 0 aliphatic carbocycles. The second-order valence-electron chi connectivity index (χ2n) is 4.98. The van der Waals surface area contributed by atoms with Gasteiger partial charge in [0.25, 0.3) is 11.7 Å². The van der Waals surface area contributed by atoms with Crippen molar-refractivity contribution in [2.45, 2.75) is 19.9 Å². The molecule has 22 heavy (non-hydrogen) atoms. The molecule has 0 spiro atoms. The van der Waals surface area contributed by atoms with Crippen molar-refractivity contribution in [1.29, 1.82) is 0 Å². The van der Waals surface area contributed by atoms with Crippen LogP contribution in [-0.2, 0) is 0 Å².